The Labute approximate surface area is 178 Å². The molecule has 29 heavy (non-hydrogen) atoms. The summed E-state index contributed by atoms with van der Waals surface area (Å²) in [7, 11) is 1.32. The van der Waals surface area contributed by atoms with Crippen LogP contribution in [0.3, 0.4) is 0 Å². The van der Waals surface area contributed by atoms with Gasteiger partial charge in [0.25, 0.3) is 0 Å². The van der Waals surface area contributed by atoms with E-state index >= 15 is 0 Å². The second-order valence-corrected chi connectivity index (χ2v) is 9.72. The standard InChI is InChI=1S/C20H26BrN3O5/c1-19(2,3)29-18(27)24-12(9-20(4)10-13(20)24)17(26)23-15-7-11(6-14(21)22-15)8-16(25)28-5/h6-7,12-13H,8-10H2,1-5H3,(H,22,23,26)/t12-,13+,20-/m0/s1. The van der Waals surface area contributed by atoms with Gasteiger partial charge in [0.1, 0.15) is 22.1 Å². The summed E-state index contributed by atoms with van der Waals surface area (Å²) in [4.78, 5) is 43.1. The van der Waals surface area contributed by atoms with Gasteiger partial charge < -0.3 is 14.8 Å². The van der Waals surface area contributed by atoms with E-state index in [1.807, 2.05) is 0 Å². The van der Waals surface area contributed by atoms with Crippen molar-refractivity contribution < 1.29 is 23.9 Å². The average molecular weight is 468 g/mol. The van der Waals surface area contributed by atoms with Crippen molar-refractivity contribution >= 4 is 39.7 Å². The molecule has 1 saturated carbocycles. The Kier molecular flexibility index (Phi) is 5.64. The van der Waals surface area contributed by atoms with Gasteiger partial charge in [0, 0.05) is 6.04 Å². The molecule has 1 aliphatic heterocycles. The highest BCUT2D eigenvalue weighted by Gasteiger charge is 2.65. The highest BCUT2D eigenvalue weighted by Crippen LogP contribution is 2.59. The van der Waals surface area contributed by atoms with Crippen LogP contribution in [0.25, 0.3) is 0 Å². The van der Waals surface area contributed by atoms with Gasteiger partial charge >= 0.3 is 12.1 Å². The fraction of sp³-hybridized carbons (Fsp3) is 0.600. The van der Waals surface area contributed by atoms with Crippen molar-refractivity contribution in [3.63, 3.8) is 0 Å². The van der Waals surface area contributed by atoms with E-state index in [9.17, 15) is 14.4 Å². The monoisotopic (exact) mass is 467 g/mol. The highest BCUT2D eigenvalue weighted by molar-refractivity contribution is 9.10. The number of nitrogens with one attached hydrogen (secondary N) is 1. The molecule has 1 saturated heterocycles. The molecule has 0 unspecified atom stereocenters. The van der Waals surface area contributed by atoms with Gasteiger partial charge in [-0.05, 0) is 72.7 Å². The summed E-state index contributed by atoms with van der Waals surface area (Å²) in [6.45, 7) is 7.48. The van der Waals surface area contributed by atoms with Crippen molar-refractivity contribution in [2.75, 3.05) is 12.4 Å². The molecule has 3 rings (SSSR count). The van der Waals surface area contributed by atoms with Crippen molar-refractivity contribution in [2.45, 2.75) is 64.6 Å². The van der Waals surface area contributed by atoms with Crippen LogP contribution < -0.4 is 5.32 Å². The van der Waals surface area contributed by atoms with E-state index in [0.717, 1.165) is 6.42 Å². The molecule has 0 spiro atoms. The molecule has 2 aliphatic rings. The lowest BCUT2D eigenvalue weighted by molar-refractivity contribution is -0.139. The first-order valence-electron chi connectivity index (χ1n) is 9.47. The van der Waals surface area contributed by atoms with E-state index in [2.05, 4.69) is 37.9 Å². The van der Waals surface area contributed by atoms with Gasteiger partial charge in [-0.15, -0.1) is 0 Å². The molecule has 1 aromatic rings. The van der Waals surface area contributed by atoms with Crippen molar-refractivity contribution in [2.24, 2.45) is 5.41 Å². The molecule has 1 N–H and O–H groups in total. The molecule has 2 fully saturated rings. The number of ether oxygens (including phenoxy) is 2. The van der Waals surface area contributed by atoms with Gasteiger partial charge in [-0.25, -0.2) is 9.78 Å². The number of methoxy groups -OCH3 is 1. The number of fused-ring (bicyclic) bond motifs is 1. The van der Waals surface area contributed by atoms with Crippen LogP contribution in [-0.2, 0) is 25.5 Å². The van der Waals surface area contributed by atoms with Crippen LogP contribution in [0.2, 0.25) is 0 Å². The first-order valence-corrected chi connectivity index (χ1v) is 10.3. The topological polar surface area (TPSA) is 97.8 Å². The molecule has 3 atom stereocenters. The molecular formula is C20H26BrN3O5. The maximum Gasteiger partial charge on any atom is 0.411 e. The maximum atomic E-state index is 13.0. The predicted molar refractivity (Wildman–Crippen MR) is 109 cm³/mol. The van der Waals surface area contributed by atoms with Gasteiger partial charge in [0.2, 0.25) is 5.91 Å². The quantitative estimate of drug-likeness (QED) is 0.538. The fourth-order valence-corrected chi connectivity index (χ4v) is 4.23. The second kappa shape index (κ2) is 7.59. The number of amides is 2. The van der Waals surface area contributed by atoms with Gasteiger partial charge in [-0.3, -0.25) is 14.5 Å². The summed E-state index contributed by atoms with van der Waals surface area (Å²) in [5.41, 5.74) is -0.0421. The minimum Gasteiger partial charge on any atom is -0.469 e. The maximum absolute atomic E-state index is 13.0. The van der Waals surface area contributed by atoms with E-state index in [4.69, 9.17) is 4.74 Å². The third kappa shape index (κ3) is 4.88. The first kappa shape index (κ1) is 21.5. The molecule has 2 heterocycles. The molecule has 8 nitrogen and oxygen atoms in total. The number of rotatable bonds is 4. The summed E-state index contributed by atoms with van der Waals surface area (Å²) >= 11 is 3.29. The number of hydrogen-bond acceptors (Lipinski definition) is 6. The number of piperidine rings is 1. The zero-order valence-electron chi connectivity index (χ0n) is 17.2. The van der Waals surface area contributed by atoms with Gasteiger partial charge in [0.05, 0.1) is 13.5 Å². The largest absolute Gasteiger partial charge is 0.469 e. The van der Waals surface area contributed by atoms with Crippen LogP contribution >= 0.6 is 15.9 Å². The van der Waals surface area contributed by atoms with Crippen LogP contribution in [0.15, 0.2) is 16.7 Å². The Morgan fingerprint density at radius 1 is 1.31 bits per heavy atom. The smallest absolute Gasteiger partial charge is 0.411 e. The number of aromatic nitrogens is 1. The summed E-state index contributed by atoms with van der Waals surface area (Å²) < 4.78 is 10.7. The highest BCUT2D eigenvalue weighted by atomic mass is 79.9. The minimum absolute atomic E-state index is 0.0125. The van der Waals surface area contributed by atoms with Crippen molar-refractivity contribution in [3.8, 4) is 0 Å². The van der Waals surface area contributed by atoms with Crippen LogP contribution in [0.1, 0.15) is 46.1 Å². The molecule has 158 valence electrons. The lowest BCUT2D eigenvalue weighted by Crippen LogP contribution is -2.47. The lowest BCUT2D eigenvalue weighted by atomic mass is 10.0. The van der Waals surface area contributed by atoms with Crippen LogP contribution in [-0.4, -0.2) is 52.6 Å². The lowest BCUT2D eigenvalue weighted by Gasteiger charge is -2.29. The van der Waals surface area contributed by atoms with Gasteiger partial charge in [-0.2, -0.15) is 0 Å². The van der Waals surface area contributed by atoms with E-state index in [-0.39, 0.29) is 29.8 Å². The summed E-state index contributed by atoms with van der Waals surface area (Å²) in [6.07, 6.45) is 1.03. The number of nitrogens with zero attached hydrogens (tertiary/aromatic N) is 2. The second-order valence-electron chi connectivity index (χ2n) is 8.91. The van der Waals surface area contributed by atoms with E-state index in [1.165, 1.54) is 7.11 Å². The van der Waals surface area contributed by atoms with Crippen LogP contribution in [0, 0.1) is 5.41 Å². The molecule has 1 aromatic heterocycles. The van der Waals surface area contributed by atoms with Gasteiger partial charge in [0.15, 0.2) is 0 Å². The van der Waals surface area contributed by atoms with Crippen molar-refractivity contribution in [1.82, 2.24) is 9.88 Å². The van der Waals surface area contributed by atoms with E-state index in [0.29, 0.717) is 22.4 Å². The Bertz CT molecular complexity index is 853. The predicted octanol–water partition coefficient (Wildman–Crippen LogP) is 3.29. The van der Waals surface area contributed by atoms with Crippen LogP contribution in [0.4, 0.5) is 10.6 Å². The Balaban J connectivity index is 1.76. The zero-order chi connectivity index (χ0) is 21.6. The number of pyridine rings is 1. The number of hydrogen-bond donors (Lipinski definition) is 1. The molecule has 1 aliphatic carbocycles. The zero-order valence-corrected chi connectivity index (χ0v) is 18.8. The van der Waals surface area contributed by atoms with E-state index < -0.39 is 17.7 Å². The van der Waals surface area contributed by atoms with Crippen LogP contribution in [0.5, 0.6) is 0 Å². The number of esters is 1. The molecular weight excluding hydrogens is 442 g/mol. The Hall–Kier alpha value is -2.16. The summed E-state index contributed by atoms with van der Waals surface area (Å²) in [5, 5.41) is 2.78. The third-order valence-electron chi connectivity index (χ3n) is 5.22. The molecule has 0 aromatic carbocycles. The van der Waals surface area contributed by atoms with E-state index in [1.54, 1.807) is 37.8 Å². The van der Waals surface area contributed by atoms with Crippen molar-refractivity contribution in [3.05, 3.63) is 22.3 Å². The number of anilines is 1. The summed E-state index contributed by atoms with van der Waals surface area (Å²) in [5.74, 6) is -0.405. The molecule has 9 heteroatoms. The number of carbonyl (C=O) groups excluding carboxylic acids is 3. The number of carbonyl (C=O) groups is 3. The molecule has 0 radical (unpaired) electrons. The minimum atomic E-state index is -0.638. The SMILES string of the molecule is COC(=O)Cc1cc(Br)nc(NC(=O)[C@@H]2C[C@@]3(C)C[C@H]3N2C(=O)OC(C)(C)C)c1. The Morgan fingerprint density at radius 2 is 2.00 bits per heavy atom. The Morgan fingerprint density at radius 3 is 2.62 bits per heavy atom. The number of halogens is 1. The normalized spacial score (nSPS) is 25.2. The van der Waals surface area contributed by atoms with Crippen molar-refractivity contribution in [1.29, 1.82) is 0 Å². The average Bonchev–Trinajstić information content (AvgIpc) is 3.13. The van der Waals surface area contributed by atoms with Gasteiger partial charge in [-0.1, -0.05) is 6.92 Å². The first-order chi connectivity index (χ1) is 13.4. The number of likely N-dealkylation sites (tertiary alicyclic amines) is 1. The molecule has 0 bridgehead atoms. The summed E-state index contributed by atoms with van der Waals surface area (Å²) in [6, 6.07) is 2.69. The third-order valence-corrected chi connectivity index (χ3v) is 5.63. The fourth-order valence-electron chi connectivity index (χ4n) is 3.75. The molecule has 2 amide bonds.